The van der Waals surface area contributed by atoms with Crippen molar-refractivity contribution >= 4 is 17.7 Å². The number of methoxy groups -OCH3 is 1. The maximum atomic E-state index is 13.7. The summed E-state index contributed by atoms with van der Waals surface area (Å²) in [6.45, 7) is 6.25. The molecule has 1 aliphatic rings. The van der Waals surface area contributed by atoms with Crippen molar-refractivity contribution in [1.29, 1.82) is 0 Å². The van der Waals surface area contributed by atoms with Crippen LogP contribution in [-0.4, -0.2) is 55.0 Å². The highest BCUT2D eigenvalue weighted by Gasteiger charge is 2.32. The molecule has 182 valence electrons. The van der Waals surface area contributed by atoms with Crippen LogP contribution >= 0.6 is 0 Å². The Morgan fingerprint density at radius 2 is 2.00 bits per heavy atom. The summed E-state index contributed by atoms with van der Waals surface area (Å²) in [5.41, 5.74) is 2.58. The third-order valence-electron chi connectivity index (χ3n) is 5.69. The third-order valence-corrected chi connectivity index (χ3v) is 5.69. The van der Waals surface area contributed by atoms with Gasteiger partial charge in [-0.2, -0.15) is 0 Å². The molecule has 0 fully saturated rings. The minimum Gasteiger partial charge on any atom is -0.493 e. The Morgan fingerprint density at radius 3 is 2.68 bits per heavy atom. The molecule has 0 aliphatic carbocycles. The average molecular weight is 469 g/mol. The largest absolute Gasteiger partial charge is 0.493 e. The van der Waals surface area contributed by atoms with Gasteiger partial charge in [-0.3, -0.25) is 10.1 Å². The van der Waals surface area contributed by atoms with Gasteiger partial charge in [0.05, 0.1) is 37.6 Å². The molecule has 1 aliphatic heterocycles. The van der Waals surface area contributed by atoms with Crippen LogP contribution in [0.15, 0.2) is 49.1 Å². The van der Waals surface area contributed by atoms with Gasteiger partial charge in [-0.25, -0.2) is 4.79 Å². The van der Waals surface area contributed by atoms with E-state index in [-0.39, 0.29) is 30.4 Å². The second-order valence-corrected chi connectivity index (χ2v) is 8.01. The summed E-state index contributed by atoms with van der Waals surface area (Å²) in [6, 6.07) is 10.6. The van der Waals surface area contributed by atoms with Crippen LogP contribution in [0.25, 0.3) is 0 Å². The lowest BCUT2D eigenvalue weighted by molar-refractivity contribution is 0.0545. The Hall–Kier alpha value is -3.52. The number of rotatable bonds is 10. The van der Waals surface area contributed by atoms with E-state index in [1.165, 1.54) is 13.2 Å². The van der Waals surface area contributed by atoms with Gasteiger partial charge in [0, 0.05) is 12.6 Å². The van der Waals surface area contributed by atoms with Crippen molar-refractivity contribution in [1.82, 2.24) is 4.90 Å². The zero-order chi connectivity index (χ0) is 24.5. The molecule has 0 saturated carbocycles. The molecule has 8 nitrogen and oxygen atoms in total. The fourth-order valence-corrected chi connectivity index (χ4v) is 3.86. The van der Waals surface area contributed by atoms with Gasteiger partial charge in [0.25, 0.3) is 5.91 Å². The molecule has 2 N–H and O–H groups in total. The van der Waals surface area contributed by atoms with Crippen molar-refractivity contribution in [2.24, 2.45) is 0 Å². The predicted molar refractivity (Wildman–Crippen MR) is 129 cm³/mol. The smallest absolute Gasteiger partial charge is 0.411 e. The number of carbonyl (C=O) groups is 2. The molecule has 0 spiro atoms. The molecule has 2 aromatic rings. The Morgan fingerprint density at radius 1 is 1.24 bits per heavy atom. The van der Waals surface area contributed by atoms with Gasteiger partial charge in [0.1, 0.15) is 6.61 Å². The summed E-state index contributed by atoms with van der Waals surface area (Å²) in [4.78, 5) is 27.7. The van der Waals surface area contributed by atoms with E-state index in [1.54, 1.807) is 17.0 Å². The first-order chi connectivity index (χ1) is 16.5. The number of nitrogens with one attached hydrogen (secondary N) is 1. The molecule has 34 heavy (non-hydrogen) atoms. The Balaban J connectivity index is 1.98. The zero-order valence-electron chi connectivity index (χ0n) is 19.7. The van der Waals surface area contributed by atoms with Gasteiger partial charge >= 0.3 is 6.09 Å². The van der Waals surface area contributed by atoms with Crippen molar-refractivity contribution in [3.8, 4) is 11.5 Å². The third kappa shape index (κ3) is 5.88. The molecule has 0 aromatic heterocycles. The van der Waals surface area contributed by atoms with E-state index >= 15 is 0 Å². The van der Waals surface area contributed by atoms with E-state index in [1.807, 2.05) is 24.3 Å². The normalized spacial score (nSPS) is 14.7. The maximum Gasteiger partial charge on any atom is 0.411 e. The molecule has 2 amide bonds. The summed E-state index contributed by atoms with van der Waals surface area (Å²) in [6.07, 6.45) is 3.07. The molecule has 0 radical (unpaired) electrons. The lowest BCUT2D eigenvalue weighted by Gasteiger charge is -2.36. The summed E-state index contributed by atoms with van der Waals surface area (Å²) in [7, 11) is 1.50. The second kappa shape index (κ2) is 12.1. The fourth-order valence-electron chi connectivity index (χ4n) is 3.86. The highest BCUT2D eigenvalue weighted by molar-refractivity contribution is 6.03. The van der Waals surface area contributed by atoms with Crippen LogP contribution in [0.3, 0.4) is 0 Å². The van der Waals surface area contributed by atoms with Gasteiger partial charge in [-0.1, -0.05) is 50.3 Å². The number of ether oxygens (including phenoxy) is 3. The number of nitrogens with zero attached hydrogens (tertiary/aromatic N) is 1. The number of aliphatic hydroxyl groups is 1. The monoisotopic (exact) mass is 468 g/mol. The zero-order valence-corrected chi connectivity index (χ0v) is 19.7. The number of unbranched alkanes of at least 4 members (excludes halogenated alkanes) is 1. The summed E-state index contributed by atoms with van der Waals surface area (Å²) < 4.78 is 16.4. The van der Waals surface area contributed by atoms with Crippen LogP contribution in [0.1, 0.15) is 41.3 Å². The van der Waals surface area contributed by atoms with Crippen LogP contribution in [0.4, 0.5) is 10.5 Å². The number of carbonyl (C=O) groups excluding carboxylic acids is 2. The molecular formula is C26H32N2O6. The molecule has 3 rings (SSSR count). The average Bonchev–Trinajstić information content (AvgIpc) is 2.86. The summed E-state index contributed by atoms with van der Waals surface area (Å²) in [5, 5.41) is 12.7. The van der Waals surface area contributed by atoms with Gasteiger partial charge in [0.15, 0.2) is 11.5 Å². The maximum absolute atomic E-state index is 13.7. The topological polar surface area (TPSA) is 97.3 Å². The number of hydrogen-bond acceptors (Lipinski definition) is 6. The second-order valence-electron chi connectivity index (χ2n) is 8.01. The number of anilines is 1. The Bertz CT molecular complexity index is 1020. The van der Waals surface area contributed by atoms with E-state index in [0.29, 0.717) is 31.1 Å². The lowest BCUT2D eigenvalue weighted by Crippen LogP contribution is -2.46. The quantitative estimate of drug-likeness (QED) is 0.401. The van der Waals surface area contributed by atoms with E-state index in [4.69, 9.17) is 14.2 Å². The molecule has 0 bridgehead atoms. The molecular weight excluding hydrogens is 436 g/mol. The van der Waals surface area contributed by atoms with Gasteiger partial charge < -0.3 is 24.2 Å². The van der Waals surface area contributed by atoms with Crippen molar-refractivity contribution in [2.45, 2.75) is 38.8 Å². The molecule has 0 unspecified atom stereocenters. The van der Waals surface area contributed by atoms with Crippen molar-refractivity contribution in [2.75, 3.05) is 32.2 Å². The fraction of sp³-hybridized carbons (Fsp3) is 0.385. The van der Waals surface area contributed by atoms with E-state index in [2.05, 4.69) is 18.8 Å². The lowest BCUT2D eigenvalue weighted by atomic mass is 9.93. The standard InChI is InChI=1S/C26H32N2O6/c1-4-6-12-33-24-15-22(27-26(31)34-11-5-2)21(14-23(24)32-3)25(30)28-16-19-10-8-7-9-18(19)13-20(28)17-29/h5,7-10,14-15,20,29H,2,4,6,11-13,16-17H2,1,3H3,(H,27,31)/t20-/m0/s1. The molecule has 0 saturated heterocycles. The SMILES string of the molecule is C=CCOC(=O)Nc1cc(OCCCC)c(OC)cc1C(=O)N1Cc2ccccc2C[C@H]1CO. The number of aliphatic hydroxyl groups excluding tert-OH is 1. The minimum absolute atomic E-state index is 0.0284. The first-order valence-corrected chi connectivity index (χ1v) is 11.4. The molecule has 1 heterocycles. The van der Waals surface area contributed by atoms with Crippen LogP contribution in [0.2, 0.25) is 0 Å². The van der Waals surface area contributed by atoms with Crippen LogP contribution < -0.4 is 14.8 Å². The van der Waals surface area contributed by atoms with E-state index in [9.17, 15) is 14.7 Å². The van der Waals surface area contributed by atoms with Crippen molar-refractivity contribution in [3.63, 3.8) is 0 Å². The Kier molecular flexibility index (Phi) is 8.93. The van der Waals surface area contributed by atoms with Crippen LogP contribution in [-0.2, 0) is 17.7 Å². The van der Waals surface area contributed by atoms with E-state index < -0.39 is 12.1 Å². The number of amides is 2. The number of hydrogen-bond donors (Lipinski definition) is 2. The first kappa shape index (κ1) is 25.1. The molecule has 1 atom stereocenters. The van der Waals surface area contributed by atoms with Crippen molar-refractivity contribution in [3.05, 3.63) is 65.7 Å². The van der Waals surface area contributed by atoms with E-state index in [0.717, 1.165) is 24.0 Å². The van der Waals surface area contributed by atoms with Crippen LogP contribution in [0, 0.1) is 0 Å². The number of fused-ring (bicyclic) bond motifs is 1. The predicted octanol–water partition coefficient (Wildman–Crippen LogP) is 4.17. The summed E-state index contributed by atoms with van der Waals surface area (Å²) in [5.74, 6) is 0.447. The van der Waals surface area contributed by atoms with Crippen LogP contribution in [0.5, 0.6) is 11.5 Å². The first-order valence-electron chi connectivity index (χ1n) is 11.4. The van der Waals surface area contributed by atoms with Gasteiger partial charge in [0.2, 0.25) is 0 Å². The minimum atomic E-state index is -0.721. The highest BCUT2D eigenvalue weighted by atomic mass is 16.5. The van der Waals surface area contributed by atoms with Gasteiger partial charge in [-0.05, 0) is 30.0 Å². The number of benzene rings is 2. The van der Waals surface area contributed by atoms with Gasteiger partial charge in [-0.15, -0.1) is 0 Å². The van der Waals surface area contributed by atoms with Crippen molar-refractivity contribution < 1.29 is 28.9 Å². The molecule has 2 aromatic carbocycles. The summed E-state index contributed by atoms with van der Waals surface area (Å²) >= 11 is 0. The Labute approximate surface area is 200 Å². The molecule has 8 heteroatoms. The highest BCUT2D eigenvalue weighted by Crippen LogP contribution is 2.36.